The van der Waals surface area contributed by atoms with E-state index in [-0.39, 0.29) is 27.8 Å². The van der Waals surface area contributed by atoms with Gasteiger partial charge in [-0.25, -0.2) is 12.8 Å². The van der Waals surface area contributed by atoms with Gasteiger partial charge in [-0.3, -0.25) is 4.72 Å². The van der Waals surface area contributed by atoms with E-state index in [9.17, 15) is 12.8 Å². The molecule has 0 aliphatic carbocycles. The molecule has 0 aliphatic heterocycles. The molecule has 0 fully saturated rings. The van der Waals surface area contributed by atoms with Crippen LogP contribution in [0.1, 0.15) is 12.5 Å². The Morgan fingerprint density at radius 3 is 2.65 bits per heavy atom. The van der Waals surface area contributed by atoms with Crippen LogP contribution in [-0.2, 0) is 16.4 Å². The van der Waals surface area contributed by atoms with Gasteiger partial charge in [0.15, 0.2) is 11.6 Å². The molecule has 0 bridgehead atoms. The van der Waals surface area contributed by atoms with E-state index in [2.05, 4.69) is 9.88 Å². The Labute approximate surface area is 150 Å². The van der Waals surface area contributed by atoms with Crippen molar-refractivity contribution in [2.45, 2.75) is 18.2 Å². The molecule has 8 heteroatoms. The van der Waals surface area contributed by atoms with Crippen LogP contribution in [0.25, 0.3) is 11.3 Å². The van der Waals surface area contributed by atoms with E-state index >= 15 is 0 Å². The highest BCUT2D eigenvalue weighted by molar-refractivity contribution is 7.92. The van der Waals surface area contributed by atoms with E-state index in [1.54, 1.807) is 30.3 Å². The van der Waals surface area contributed by atoms with Crippen LogP contribution in [-0.4, -0.2) is 20.7 Å². The van der Waals surface area contributed by atoms with E-state index < -0.39 is 15.8 Å². The van der Waals surface area contributed by atoms with Crippen molar-refractivity contribution in [2.75, 3.05) is 11.8 Å². The minimum Gasteiger partial charge on any atom is -0.495 e. The molecule has 6 nitrogen and oxygen atoms in total. The number of aryl methyl sites for hydroxylation is 1. The number of hydrogen-bond donors (Lipinski definition) is 1. The largest absolute Gasteiger partial charge is 0.495 e. The third-order valence-electron chi connectivity index (χ3n) is 3.81. The number of anilines is 1. The first-order valence-electron chi connectivity index (χ1n) is 7.86. The zero-order valence-electron chi connectivity index (χ0n) is 14.2. The van der Waals surface area contributed by atoms with Gasteiger partial charge in [0.25, 0.3) is 10.0 Å². The number of aromatic nitrogens is 1. The second-order valence-electron chi connectivity index (χ2n) is 5.50. The molecule has 0 saturated heterocycles. The zero-order chi connectivity index (χ0) is 18.7. The van der Waals surface area contributed by atoms with Crippen LogP contribution in [0.3, 0.4) is 0 Å². The maximum absolute atomic E-state index is 13.8. The van der Waals surface area contributed by atoms with Gasteiger partial charge < -0.3 is 9.26 Å². The Morgan fingerprint density at radius 2 is 1.96 bits per heavy atom. The molecular formula is C18H17FN2O4S. The van der Waals surface area contributed by atoms with Crippen LogP contribution >= 0.6 is 0 Å². The van der Waals surface area contributed by atoms with Crippen LogP contribution in [0.5, 0.6) is 5.75 Å². The van der Waals surface area contributed by atoms with E-state index in [1.807, 2.05) is 6.92 Å². The number of nitrogens with one attached hydrogen (secondary N) is 1. The minimum atomic E-state index is -3.96. The Balaban J connectivity index is 1.93. The summed E-state index contributed by atoms with van der Waals surface area (Å²) >= 11 is 0. The quantitative estimate of drug-likeness (QED) is 0.707. The Hall–Kier alpha value is -2.87. The van der Waals surface area contributed by atoms with Gasteiger partial charge in [0.2, 0.25) is 0 Å². The molecule has 26 heavy (non-hydrogen) atoms. The van der Waals surface area contributed by atoms with Crippen LogP contribution in [0.4, 0.5) is 10.2 Å². The fourth-order valence-corrected chi connectivity index (χ4v) is 3.66. The number of hydrogen-bond acceptors (Lipinski definition) is 5. The maximum Gasteiger partial charge on any atom is 0.266 e. The molecular weight excluding hydrogens is 359 g/mol. The van der Waals surface area contributed by atoms with Crippen LogP contribution < -0.4 is 9.46 Å². The Bertz CT molecular complexity index is 1030. The molecule has 1 heterocycles. The molecule has 0 atom stereocenters. The molecule has 0 saturated carbocycles. The van der Waals surface area contributed by atoms with Gasteiger partial charge in [0, 0.05) is 6.07 Å². The van der Waals surface area contributed by atoms with Gasteiger partial charge in [-0.1, -0.05) is 30.3 Å². The first kappa shape index (κ1) is 17.9. The average molecular weight is 376 g/mol. The molecule has 0 unspecified atom stereocenters. The van der Waals surface area contributed by atoms with Crippen LogP contribution in [0.2, 0.25) is 0 Å². The predicted octanol–water partition coefficient (Wildman–Crippen LogP) is 3.85. The zero-order valence-corrected chi connectivity index (χ0v) is 15.0. The summed E-state index contributed by atoms with van der Waals surface area (Å²) in [5.74, 6) is -0.204. The third-order valence-corrected chi connectivity index (χ3v) is 5.19. The molecule has 0 amide bonds. The highest BCUT2D eigenvalue weighted by Gasteiger charge is 2.22. The summed E-state index contributed by atoms with van der Waals surface area (Å²) in [4.78, 5) is -0.00482. The second kappa shape index (κ2) is 7.17. The standard InChI is InChI=1S/C18H17FN2O4S/c1-3-12-8-9-15(24-2)17(10-12)26(22,23)21-18-11-16(25-20-18)13-6-4-5-7-14(13)19/h4-11H,3H2,1-2H3,(H,20,21). The van der Waals surface area contributed by atoms with Crippen LogP contribution in [0, 0.1) is 5.82 Å². The lowest BCUT2D eigenvalue weighted by Crippen LogP contribution is -2.14. The predicted molar refractivity (Wildman–Crippen MR) is 95.1 cm³/mol. The third kappa shape index (κ3) is 3.55. The molecule has 3 aromatic rings. The van der Waals surface area contributed by atoms with Crippen molar-refractivity contribution in [3.8, 4) is 17.1 Å². The lowest BCUT2D eigenvalue weighted by Gasteiger charge is -2.11. The Morgan fingerprint density at radius 1 is 1.19 bits per heavy atom. The summed E-state index contributed by atoms with van der Waals surface area (Å²) in [5, 5.41) is 3.67. The summed E-state index contributed by atoms with van der Waals surface area (Å²) < 4.78 is 51.8. The monoisotopic (exact) mass is 376 g/mol. The molecule has 136 valence electrons. The molecule has 0 radical (unpaired) electrons. The Kier molecular flexibility index (Phi) is 4.94. The summed E-state index contributed by atoms with van der Waals surface area (Å²) in [6, 6.07) is 12.2. The van der Waals surface area contributed by atoms with Gasteiger partial charge in [-0.15, -0.1) is 0 Å². The van der Waals surface area contributed by atoms with Crippen molar-refractivity contribution in [1.29, 1.82) is 0 Å². The second-order valence-corrected chi connectivity index (χ2v) is 7.15. The number of sulfonamides is 1. The SMILES string of the molecule is CCc1ccc(OC)c(S(=O)(=O)Nc2cc(-c3ccccc3F)on2)c1. The number of ether oxygens (including phenoxy) is 1. The van der Waals surface area contributed by atoms with E-state index in [1.165, 1.54) is 25.3 Å². The van der Waals surface area contributed by atoms with Crippen molar-refractivity contribution >= 4 is 15.8 Å². The van der Waals surface area contributed by atoms with Gasteiger partial charge in [0.1, 0.15) is 16.5 Å². The smallest absolute Gasteiger partial charge is 0.266 e. The molecule has 0 aliphatic rings. The summed E-state index contributed by atoms with van der Waals surface area (Å²) in [6.45, 7) is 1.92. The topological polar surface area (TPSA) is 81.4 Å². The van der Waals surface area contributed by atoms with Gasteiger partial charge in [-0.05, 0) is 36.2 Å². The fourth-order valence-electron chi connectivity index (χ4n) is 2.45. The minimum absolute atomic E-state index is 0.00482. The fraction of sp³-hybridized carbons (Fsp3) is 0.167. The normalized spacial score (nSPS) is 11.3. The van der Waals surface area contributed by atoms with E-state index in [0.717, 1.165) is 5.56 Å². The number of methoxy groups -OCH3 is 1. The molecule has 3 rings (SSSR count). The average Bonchev–Trinajstić information content (AvgIpc) is 3.09. The number of halogens is 1. The van der Waals surface area contributed by atoms with Crippen molar-refractivity contribution in [1.82, 2.24) is 5.16 Å². The number of nitrogens with zero attached hydrogens (tertiary/aromatic N) is 1. The van der Waals surface area contributed by atoms with Gasteiger partial charge in [0.05, 0.1) is 12.7 Å². The van der Waals surface area contributed by atoms with Gasteiger partial charge in [-0.2, -0.15) is 0 Å². The highest BCUT2D eigenvalue weighted by Crippen LogP contribution is 2.29. The lowest BCUT2D eigenvalue weighted by molar-refractivity contribution is 0.402. The summed E-state index contributed by atoms with van der Waals surface area (Å²) in [5.41, 5.74) is 1.04. The first-order chi connectivity index (χ1) is 12.4. The lowest BCUT2D eigenvalue weighted by atomic mass is 10.1. The number of rotatable bonds is 6. The van der Waals surface area contributed by atoms with Crippen molar-refractivity contribution in [3.63, 3.8) is 0 Å². The van der Waals surface area contributed by atoms with Crippen molar-refractivity contribution in [2.24, 2.45) is 0 Å². The van der Waals surface area contributed by atoms with E-state index in [4.69, 9.17) is 9.26 Å². The highest BCUT2D eigenvalue weighted by atomic mass is 32.2. The molecule has 1 N–H and O–H groups in total. The van der Waals surface area contributed by atoms with Crippen LogP contribution in [0.15, 0.2) is 57.9 Å². The summed E-state index contributed by atoms with van der Waals surface area (Å²) in [7, 11) is -2.56. The first-order valence-corrected chi connectivity index (χ1v) is 9.34. The summed E-state index contributed by atoms with van der Waals surface area (Å²) in [6.07, 6.45) is 0.675. The maximum atomic E-state index is 13.8. The van der Waals surface area contributed by atoms with Gasteiger partial charge >= 0.3 is 0 Å². The molecule has 2 aromatic carbocycles. The van der Waals surface area contributed by atoms with Crippen molar-refractivity contribution < 1.29 is 22.1 Å². The molecule has 1 aromatic heterocycles. The van der Waals surface area contributed by atoms with Crippen molar-refractivity contribution in [3.05, 3.63) is 59.9 Å². The van der Waals surface area contributed by atoms with E-state index in [0.29, 0.717) is 6.42 Å². The number of benzene rings is 2. The molecule has 0 spiro atoms.